The van der Waals surface area contributed by atoms with Gasteiger partial charge in [0.15, 0.2) is 0 Å². The fraction of sp³-hybridized carbons (Fsp3) is 0.310. The minimum absolute atomic E-state index is 0.0720. The van der Waals surface area contributed by atoms with Crippen LogP contribution in [0.1, 0.15) is 47.8 Å². The lowest BCUT2D eigenvalue weighted by Gasteiger charge is -2.22. The molecule has 1 amide bonds. The molecule has 0 saturated carbocycles. The van der Waals surface area contributed by atoms with E-state index in [0.29, 0.717) is 22.7 Å². The highest BCUT2D eigenvalue weighted by Gasteiger charge is 2.18. The minimum Gasteiger partial charge on any atom is -0.495 e. The number of hydrogen-bond donors (Lipinski definition) is 1. The van der Waals surface area contributed by atoms with Crippen LogP contribution in [0.4, 0.5) is 5.69 Å². The number of nitrogens with one attached hydrogen (secondary N) is 1. The molecule has 2 aromatic heterocycles. The summed E-state index contributed by atoms with van der Waals surface area (Å²) in [5.41, 5.74) is 6.79. The molecule has 8 nitrogen and oxygen atoms in total. The van der Waals surface area contributed by atoms with Gasteiger partial charge in [-0.15, -0.1) is 5.10 Å². The fourth-order valence-corrected chi connectivity index (χ4v) is 4.03. The van der Waals surface area contributed by atoms with Crippen LogP contribution in [0.25, 0.3) is 16.9 Å². The van der Waals surface area contributed by atoms with Crippen molar-refractivity contribution in [2.24, 2.45) is 0 Å². The molecule has 0 bridgehead atoms. The average Bonchev–Trinajstić information content (AvgIpc) is 3.34. The van der Waals surface area contributed by atoms with Crippen LogP contribution < -0.4 is 10.1 Å². The lowest BCUT2D eigenvalue weighted by molar-refractivity contribution is 0.102. The first-order valence-corrected chi connectivity index (χ1v) is 12.2. The molecule has 0 aliphatic rings. The summed E-state index contributed by atoms with van der Waals surface area (Å²) in [5, 5.41) is 11.7. The number of pyridine rings is 1. The second-order valence-corrected chi connectivity index (χ2v) is 10.5. The van der Waals surface area contributed by atoms with Crippen LogP contribution in [-0.2, 0) is 12.0 Å². The van der Waals surface area contributed by atoms with Crippen molar-refractivity contribution in [2.75, 3.05) is 26.5 Å². The van der Waals surface area contributed by atoms with Crippen LogP contribution in [0.2, 0.25) is 0 Å². The summed E-state index contributed by atoms with van der Waals surface area (Å²) in [7, 11) is 5.65. The summed E-state index contributed by atoms with van der Waals surface area (Å²) in [4.78, 5) is 19.6. The zero-order valence-corrected chi connectivity index (χ0v) is 22.5. The van der Waals surface area contributed by atoms with Gasteiger partial charge in [-0.3, -0.25) is 9.78 Å². The van der Waals surface area contributed by atoms with Gasteiger partial charge in [0.1, 0.15) is 11.4 Å². The Morgan fingerprint density at radius 2 is 1.86 bits per heavy atom. The van der Waals surface area contributed by atoms with E-state index in [1.165, 1.54) is 0 Å². The number of methoxy groups -OCH3 is 1. The molecule has 0 saturated heterocycles. The SMILES string of the molecule is COc1cncc(-c2cn(-c3cc(NC(=O)c4cc(CN(C)C)cc(C(C)(C)C)c4)ccc3C)nn2)c1. The number of anilines is 1. The second kappa shape index (κ2) is 10.5. The van der Waals surface area contributed by atoms with Gasteiger partial charge in [0.05, 0.1) is 25.2 Å². The van der Waals surface area contributed by atoms with Crippen molar-refractivity contribution in [1.29, 1.82) is 0 Å². The first-order valence-electron chi connectivity index (χ1n) is 12.2. The smallest absolute Gasteiger partial charge is 0.255 e. The largest absolute Gasteiger partial charge is 0.495 e. The highest BCUT2D eigenvalue weighted by atomic mass is 16.5. The van der Waals surface area contributed by atoms with E-state index in [1.807, 2.05) is 63.6 Å². The van der Waals surface area contributed by atoms with Gasteiger partial charge in [-0.2, -0.15) is 0 Å². The molecule has 0 atom stereocenters. The van der Waals surface area contributed by atoms with Crippen molar-refractivity contribution in [3.8, 4) is 22.7 Å². The maximum atomic E-state index is 13.3. The fourth-order valence-electron chi connectivity index (χ4n) is 4.03. The molecule has 2 aromatic carbocycles. The lowest BCUT2D eigenvalue weighted by atomic mass is 9.85. The molecule has 0 aliphatic carbocycles. The van der Waals surface area contributed by atoms with E-state index >= 15 is 0 Å². The standard InChI is InChI=1S/C29H34N6O2/c1-19-8-9-24(14-27(19)35-18-26(32-33-35)22-13-25(37-7)16-30-15-22)31-28(36)21-10-20(17-34(5)6)11-23(12-21)29(2,3)4/h8-16,18H,17H2,1-7H3,(H,31,36). The summed E-state index contributed by atoms with van der Waals surface area (Å²) < 4.78 is 6.97. The molecule has 0 unspecified atom stereocenters. The van der Waals surface area contributed by atoms with Crippen molar-refractivity contribution < 1.29 is 9.53 Å². The summed E-state index contributed by atoms with van der Waals surface area (Å²) >= 11 is 0. The normalized spacial score (nSPS) is 11.6. The molecule has 192 valence electrons. The number of amides is 1. The quantitative estimate of drug-likeness (QED) is 0.374. The zero-order chi connectivity index (χ0) is 26.7. The zero-order valence-electron chi connectivity index (χ0n) is 22.5. The number of aromatic nitrogens is 4. The van der Waals surface area contributed by atoms with Gasteiger partial charge in [-0.1, -0.05) is 38.1 Å². The summed E-state index contributed by atoms with van der Waals surface area (Å²) in [6.07, 6.45) is 5.20. The Balaban J connectivity index is 1.61. The maximum Gasteiger partial charge on any atom is 0.255 e. The van der Waals surface area contributed by atoms with Gasteiger partial charge >= 0.3 is 0 Å². The van der Waals surface area contributed by atoms with E-state index in [1.54, 1.807) is 24.2 Å². The second-order valence-electron chi connectivity index (χ2n) is 10.5. The molecular formula is C29H34N6O2. The number of rotatable bonds is 7. The number of carbonyl (C=O) groups is 1. The minimum atomic E-state index is -0.150. The third kappa shape index (κ3) is 6.21. The molecule has 0 spiro atoms. The van der Waals surface area contributed by atoms with Crippen molar-refractivity contribution in [3.63, 3.8) is 0 Å². The van der Waals surface area contributed by atoms with E-state index in [4.69, 9.17) is 4.74 Å². The topological polar surface area (TPSA) is 85.2 Å². The Kier molecular flexibility index (Phi) is 7.40. The summed E-state index contributed by atoms with van der Waals surface area (Å²) in [5.74, 6) is 0.500. The van der Waals surface area contributed by atoms with Crippen LogP contribution in [0.3, 0.4) is 0 Å². The lowest BCUT2D eigenvalue weighted by Crippen LogP contribution is -2.18. The molecule has 1 N–H and O–H groups in total. The van der Waals surface area contributed by atoms with Gasteiger partial charge < -0.3 is 15.0 Å². The highest BCUT2D eigenvalue weighted by Crippen LogP contribution is 2.27. The van der Waals surface area contributed by atoms with Crippen LogP contribution in [0.5, 0.6) is 5.75 Å². The van der Waals surface area contributed by atoms with Gasteiger partial charge in [0.25, 0.3) is 5.91 Å². The van der Waals surface area contributed by atoms with Gasteiger partial charge in [-0.05, 0) is 73.5 Å². The summed E-state index contributed by atoms with van der Waals surface area (Å²) in [6.45, 7) is 9.23. The number of carbonyl (C=O) groups excluding carboxylic acids is 1. The predicted molar refractivity (Wildman–Crippen MR) is 146 cm³/mol. The van der Waals surface area contributed by atoms with Gasteiger partial charge in [0.2, 0.25) is 0 Å². The molecule has 0 radical (unpaired) electrons. The Morgan fingerprint density at radius 1 is 1.08 bits per heavy atom. The van der Waals surface area contributed by atoms with E-state index in [0.717, 1.165) is 34.5 Å². The molecule has 37 heavy (non-hydrogen) atoms. The number of benzene rings is 2. The summed E-state index contributed by atoms with van der Waals surface area (Å²) in [6, 6.07) is 13.8. The first kappa shape index (κ1) is 26.0. The van der Waals surface area contributed by atoms with Crippen molar-refractivity contribution in [2.45, 2.75) is 39.7 Å². The molecule has 4 rings (SSSR count). The average molecular weight is 499 g/mol. The van der Waals surface area contributed by atoms with Crippen LogP contribution in [-0.4, -0.2) is 52.0 Å². The molecule has 4 aromatic rings. The van der Waals surface area contributed by atoms with Crippen molar-refractivity contribution in [1.82, 2.24) is 24.9 Å². The number of hydrogen-bond acceptors (Lipinski definition) is 6. The predicted octanol–water partition coefficient (Wildman–Crippen LogP) is 5.26. The van der Waals surface area contributed by atoms with Gasteiger partial charge in [0, 0.05) is 29.6 Å². The highest BCUT2D eigenvalue weighted by molar-refractivity contribution is 6.04. The van der Waals surface area contributed by atoms with E-state index in [-0.39, 0.29) is 11.3 Å². The van der Waals surface area contributed by atoms with E-state index in [9.17, 15) is 4.79 Å². The number of nitrogens with zero attached hydrogens (tertiary/aromatic N) is 5. The van der Waals surface area contributed by atoms with Crippen LogP contribution in [0, 0.1) is 6.92 Å². The Bertz CT molecular complexity index is 1420. The van der Waals surface area contributed by atoms with Crippen molar-refractivity contribution >= 4 is 11.6 Å². The Hall–Kier alpha value is -4.04. The van der Waals surface area contributed by atoms with Crippen LogP contribution in [0.15, 0.2) is 61.1 Å². The first-order chi connectivity index (χ1) is 17.5. The Morgan fingerprint density at radius 3 is 2.57 bits per heavy atom. The number of ether oxygens (including phenoxy) is 1. The van der Waals surface area contributed by atoms with E-state index in [2.05, 4.69) is 52.4 Å². The number of aryl methyl sites for hydroxylation is 1. The Labute approximate surface area is 218 Å². The molecule has 8 heteroatoms. The monoisotopic (exact) mass is 498 g/mol. The van der Waals surface area contributed by atoms with Crippen LogP contribution >= 0.6 is 0 Å². The maximum absolute atomic E-state index is 13.3. The van der Waals surface area contributed by atoms with Gasteiger partial charge in [-0.25, -0.2) is 4.68 Å². The third-order valence-corrected chi connectivity index (χ3v) is 6.07. The molecular weight excluding hydrogens is 464 g/mol. The molecule has 0 fully saturated rings. The molecule has 0 aliphatic heterocycles. The van der Waals surface area contributed by atoms with E-state index < -0.39 is 0 Å². The molecule has 2 heterocycles. The third-order valence-electron chi connectivity index (χ3n) is 6.07. The van der Waals surface area contributed by atoms with Crippen molar-refractivity contribution in [3.05, 3.63) is 83.3 Å².